The second-order valence-corrected chi connectivity index (χ2v) is 6.85. The number of aromatic nitrogens is 1. The Labute approximate surface area is 196 Å². The summed E-state index contributed by atoms with van der Waals surface area (Å²) in [5.74, 6) is 1.34. The molecule has 0 aliphatic carbocycles. The number of guanidine groups is 1. The predicted molar refractivity (Wildman–Crippen MR) is 132 cm³/mol. The number of rotatable bonds is 9. The molecule has 2 N–H and O–H groups in total. The molecule has 0 aliphatic rings. The van der Waals surface area contributed by atoms with E-state index in [-0.39, 0.29) is 29.9 Å². The first-order chi connectivity index (χ1) is 14.0. The van der Waals surface area contributed by atoms with E-state index in [9.17, 15) is 4.79 Å². The summed E-state index contributed by atoms with van der Waals surface area (Å²) in [5, 5.41) is 6.57. The molecule has 1 aromatic carbocycles. The Morgan fingerprint density at radius 2 is 1.83 bits per heavy atom. The van der Waals surface area contributed by atoms with Crippen molar-refractivity contribution in [1.29, 1.82) is 0 Å². The molecule has 30 heavy (non-hydrogen) atoms. The summed E-state index contributed by atoms with van der Waals surface area (Å²) in [4.78, 5) is 22.1. The topological polar surface area (TPSA) is 78.8 Å². The summed E-state index contributed by atoms with van der Waals surface area (Å²) in [6.07, 6.45) is 3.83. The molecular weight excluding hydrogens is 493 g/mol. The van der Waals surface area contributed by atoms with E-state index >= 15 is 0 Å². The zero-order valence-electron chi connectivity index (χ0n) is 18.1. The van der Waals surface area contributed by atoms with Crippen LogP contribution < -0.4 is 15.4 Å². The number of carbonyl (C=O) groups is 1. The fraction of sp³-hybridized carbons (Fsp3) is 0.409. The van der Waals surface area contributed by atoms with Gasteiger partial charge >= 0.3 is 0 Å². The largest absolute Gasteiger partial charge is 0.477 e. The molecule has 0 spiro atoms. The molecule has 2 aromatic rings. The number of nitrogens with one attached hydrogen (secondary N) is 2. The molecule has 0 saturated heterocycles. The van der Waals surface area contributed by atoms with Gasteiger partial charge in [0.05, 0.1) is 6.61 Å². The Hall–Kier alpha value is -2.36. The quantitative estimate of drug-likeness (QED) is 0.227. The zero-order chi connectivity index (χ0) is 21.1. The van der Waals surface area contributed by atoms with E-state index in [1.54, 1.807) is 32.2 Å². The minimum Gasteiger partial charge on any atom is -0.477 e. The molecule has 1 aromatic heterocycles. The van der Waals surface area contributed by atoms with E-state index in [4.69, 9.17) is 4.74 Å². The molecule has 7 nitrogen and oxygen atoms in total. The number of ether oxygens (including phenoxy) is 1. The van der Waals surface area contributed by atoms with Gasteiger partial charge in [-0.05, 0) is 30.2 Å². The average molecular weight is 525 g/mol. The number of nitrogens with zero attached hydrogens (tertiary/aromatic N) is 3. The Bertz CT molecular complexity index is 809. The van der Waals surface area contributed by atoms with Crippen LogP contribution in [0.1, 0.15) is 41.3 Å². The molecule has 1 heterocycles. The van der Waals surface area contributed by atoms with Gasteiger partial charge in [0.25, 0.3) is 5.91 Å². The first-order valence-corrected chi connectivity index (χ1v) is 9.87. The number of amides is 1. The lowest BCUT2D eigenvalue weighted by Gasteiger charge is -2.14. The van der Waals surface area contributed by atoms with Crippen LogP contribution in [0.5, 0.6) is 5.88 Å². The zero-order valence-corrected chi connectivity index (χ0v) is 20.5. The molecular formula is C22H32IN5O2. The third kappa shape index (κ3) is 8.17. The van der Waals surface area contributed by atoms with Crippen LogP contribution >= 0.6 is 24.0 Å². The van der Waals surface area contributed by atoms with Crippen molar-refractivity contribution >= 4 is 35.8 Å². The lowest BCUT2D eigenvalue weighted by Crippen LogP contribution is -2.36. The number of pyridine rings is 1. The number of unbranched alkanes of at least 4 members (excludes halogenated alkanes) is 1. The van der Waals surface area contributed by atoms with Gasteiger partial charge in [0.15, 0.2) is 5.96 Å². The Balaban J connectivity index is 0.00000450. The summed E-state index contributed by atoms with van der Waals surface area (Å²) >= 11 is 0. The number of aliphatic imine (C=N–C) groups is 1. The predicted octanol–water partition coefficient (Wildman–Crippen LogP) is 3.45. The lowest BCUT2D eigenvalue weighted by atomic mass is 10.1. The van der Waals surface area contributed by atoms with Gasteiger partial charge < -0.3 is 20.3 Å². The fourth-order valence-corrected chi connectivity index (χ4v) is 2.61. The highest BCUT2D eigenvalue weighted by Crippen LogP contribution is 2.14. The van der Waals surface area contributed by atoms with E-state index < -0.39 is 0 Å². The van der Waals surface area contributed by atoms with Gasteiger partial charge in [-0.3, -0.25) is 9.79 Å². The Morgan fingerprint density at radius 1 is 1.13 bits per heavy atom. The normalized spacial score (nSPS) is 10.7. The van der Waals surface area contributed by atoms with Gasteiger partial charge in [-0.25, -0.2) is 4.98 Å². The summed E-state index contributed by atoms with van der Waals surface area (Å²) < 4.78 is 5.78. The molecule has 1 amide bonds. The third-order valence-electron chi connectivity index (χ3n) is 4.32. The van der Waals surface area contributed by atoms with Crippen molar-refractivity contribution in [2.75, 3.05) is 27.7 Å². The van der Waals surface area contributed by atoms with Crippen molar-refractivity contribution in [3.8, 4) is 5.88 Å². The van der Waals surface area contributed by atoms with Crippen LogP contribution in [0.4, 0.5) is 0 Å². The number of hydrogen-bond donors (Lipinski definition) is 2. The molecule has 0 aliphatic heterocycles. The number of hydrogen-bond acceptors (Lipinski definition) is 4. The van der Waals surface area contributed by atoms with Gasteiger partial charge in [0, 0.05) is 51.6 Å². The maximum atomic E-state index is 12.0. The van der Waals surface area contributed by atoms with Crippen molar-refractivity contribution in [3.05, 3.63) is 59.3 Å². The minimum absolute atomic E-state index is 0. The summed E-state index contributed by atoms with van der Waals surface area (Å²) in [6.45, 7) is 3.96. The number of benzene rings is 1. The minimum atomic E-state index is -0.00424. The molecule has 8 heteroatoms. The first-order valence-electron chi connectivity index (χ1n) is 9.87. The maximum absolute atomic E-state index is 12.0. The molecule has 0 bridgehead atoms. The molecule has 2 rings (SSSR count). The number of carbonyl (C=O) groups excluding carboxylic acids is 1. The Kier molecular flexibility index (Phi) is 11.8. The van der Waals surface area contributed by atoms with E-state index in [0.29, 0.717) is 37.1 Å². The summed E-state index contributed by atoms with van der Waals surface area (Å²) in [6, 6.07) is 11.5. The van der Waals surface area contributed by atoms with E-state index in [1.165, 1.54) is 0 Å². The summed E-state index contributed by atoms with van der Waals surface area (Å²) in [5.41, 5.74) is 2.72. The van der Waals surface area contributed by atoms with Gasteiger partial charge in [-0.15, -0.1) is 24.0 Å². The van der Waals surface area contributed by atoms with Crippen LogP contribution in [0.25, 0.3) is 0 Å². The van der Waals surface area contributed by atoms with Crippen molar-refractivity contribution in [2.45, 2.75) is 32.9 Å². The molecule has 0 atom stereocenters. The van der Waals surface area contributed by atoms with E-state index in [1.807, 2.05) is 36.4 Å². The van der Waals surface area contributed by atoms with E-state index in [2.05, 4.69) is 27.5 Å². The van der Waals surface area contributed by atoms with Crippen LogP contribution in [0, 0.1) is 0 Å². The van der Waals surface area contributed by atoms with Gasteiger partial charge in [0.2, 0.25) is 5.88 Å². The highest BCUT2D eigenvalue weighted by atomic mass is 127. The highest BCUT2D eigenvalue weighted by molar-refractivity contribution is 14.0. The average Bonchev–Trinajstić information content (AvgIpc) is 2.74. The fourth-order valence-electron chi connectivity index (χ4n) is 2.61. The lowest BCUT2D eigenvalue weighted by molar-refractivity contribution is 0.0827. The molecule has 0 radical (unpaired) electrons. The molecule has 0 saturated carbocycles. The van der Waals surface area contributed by atoms with Crippen LogP contribution in [-0.4, -0.2) is 49.5 Å². The molecule has 0 unspecified atom stereocenters. The Morgan fingerprint density at radius 3 is 2.47 bits per heavy atom. The van der Waals surface area contributed by atoms with Crippen LogP contribution in [0.15, 0.2) is 47.6 Å². The SMILES string of the molecule is CCCCOc1ncccc1CNC(=NC)NCc1ccc(C(=O)N(C)C)cc1.I. The van der Waals surface area contributed by atoms with E-state index in [0.717, 1.165) is 24.0 Å². The smallest absolute Gasteiger partial charge is 0.253 e. The van der Waals surface area contributed by atoms with Crippen molar-refractivity contribution in [3.63, 3.8) is 0 Å². The first kappa shape index (κ1) is 25.7. The molecule has 164 valence electrons. The highest BCUT2D eigenvalue weighted by Gasteiger charge is 2.08. The van der Waals surface area contributed by atoms with Crippen LogP contribution in [0.3, 0.4) is 0 Å². The second kappa shape index (κ2) is 13.8. The standard InChI is InChI=1S/C22H31N5O2.HI/c1-5-6-14-29-20-19(8-7-13-24-20)16-26-22(23-2)25-15-17-9-11-18(12-10-17)21(28)27(3)4;/h7-13H,5-6,14-16H2,1-4H3,(H2,23,25,26);1H. The summed E-state index contributed by atoms with van der Waals surface area (Å²) in [7, 11) is 5.22. The third-order valence-corrected chi connectivity index (χ3v) is 4.32. The van der Waals surface area contributed by atoms with Gasteiger partial charge in [-0.2, -0.15) is 0 Å². The van der Waals surface area contributed by atoms with Crippen molar-refractivity contribution in [2.24, 2.45) is 4.99 Å². The van der Waals surface area contributed by atoms with Crippen molar-refractivity contribution < 1.29 is 9.53 Å². The maximum Gasteiger partial charge on any atom is 0.253 e. The van der Waals surface area contributed by atoms with Gasteiger partial charge in [0.1, 0.15) is 0 Å². The monoisotopic (exact) mass is 525 g/mol. The van der Waals surface area contributed by atoms with Gasteiger partial charge in [-0.1, -0.05) is 31.5 Å². The second-order valence-electron chi connectivity index (χ2n) is 6.85. The van der Waals surface area contributed by atoms with Crippen LogP contribution in [-0.2, 0) is 13.1 Å². The van der Waals surface area contributed by atoms with Crippen LogP contribution in [0.2, 0.25) is 0 Å². The number of halogens is 1. The van der Waals surface area contributed by atoms with Crippen molar-refractivity contribution in [1.82, 2.24) is 20.5 Å². The molecule has 0 fully saturated rings.